The summed E-state index contributed by atoms with van der Waals surface area (Å²) >= 11 is 0. The molecular weight excluding hydrogens is 328 g/mol. The molecule has 3 aromatic rings. The second kappa shape index (κ2) is 7.44. The summed E-state index contributed by atoms with van der Waals surface area (Å²) in [6, 6.07) is 14.8. The molecule has 0 bridgehead atoms. The molecule has 0 unspecified atom stereocenters. The molecule has 0 saturated heterocycles. The van der Waals surface area contributed by atoms with E-state index in [2.05, 4.69) is 5.32 Å². The Bertz CT molecular complexity index is 993. The molecule has 3 rings (SSSR count). The number of aryl methyl sites for hydroxylation is 1. The van der Waals surface area contributed by atoms with Crippen LogP contribution >= 0.6 is 0 Å². The van der Waals surface area contributed by atoms with Crippen molar-refractivity contribution in [1.29, 1.82) is 0 Å². The number of fused-ring (bicyclic) bond motifs is 1. The lowest BCUT2D eigenvalue weighted by molar-refractivity contribution is 0.0938. The predicted octanol–water partition coefficient (Wildman–Crippen LogP) is 3.52. The van der Waals surface area contributed by atoms with Crippen molar-refractivity contribution in [2.75, 3.05) is 7.11 Å². The standard InChI is InChI=1S/C21H22N2O3/c1-4-23-13-18(20(24)17-12-16(26-3)10-11-19(17)23)21(25)22-14(2)15-8-6-5-7-9-15/h5-14H,4H2,1-3H3,(H,22,25)/t14-/m1/s1. The Balaban J connectivity index is 2.02. The van der Waals surface area contributed by atoms with E-state index in [9.17, 15) is 9.59 Å². The van der Waals surface area contributed by atoms with E-state index in [0.717, 1.165) is 11.1 Å². The Morgan fingerprint density at radius 3 is 2.58 bits per heavy atom. The van der Waals surface area contributed by atoms with E-state index in [0.29, 0.717) is 17.7 Å². The topological polar surface area (TPSA) is 60.3 Å². The van der Waals surface area contributed by atoms with Crippen LogP contribution in [0.15, 0.2) is 59.5 Å². The Kier molecular flexibility index (Phi) is 5.07. The molecule has 1 amide bonds. The van der Waals surface area contributed by atoms with Gasteiger partial charge in [0, 0.05) is 12.7 Å². The summed E-state index contributed by atoms with van der Waals surface area (Å²) in [5.41, 5.74) is 1.61. The maximum atomic E-state index is 12.9. The van der Waals surface area contributed by atoms with Crippen LogP contribution < -0.4 is 15.5 Å². The lowest BCUT2D eigenvalue weighted by atomic mass is 10.1. The van der Waals surface area contributed by atoms with Crippen LogP contribution in [0, 0.1) is 0 Å². The first-order valence-corrected chi connectivity index (χ1v) is 8.62. The first kappa shape index (κ1) is 17.7. The molecule has 5 nitrogen and oxygen atoms in total. The van der Waals surface area contributed by atoms with Crippen LogP contribution in [-0.4, -0.2) is 17.6 Å². The zero-order valence-electron chi connectivity index (χ0n) is 15.2. The molecule has 1 N–H and O–H groups in total. The van der Waals surface area contributed by atoms with Crippen molar-refractivity contribution in [1.82, 2.24) is 9.88 Å². The first-order chi connectivity index (χ1) is 12.5. The van der Waals surface area contributed by atoms with Crippen molar-refractivity contribution in [2.24, 2.45) is 0 Å². The number of amides is 1. The fourth-order valence-corrected chi connectivity index (χ4v) is 3.03. The van der Waals surface area contributed by atoms with E-state index in [4.69, 9.17) is 4.74 Å². The second-order valence-corrected chi connectivity index (χ2v) is 6.15. The predicted molar refractivity (Wildman–Crippen MR) is 103 cm³/mol. The summed E-state index contributed by atoms with van der Waals surface area (Å²) in [6.07, 6.45) is 1.63. The molecule has 0 fully saturated rings. The van der Waals surface area contributed by atoms with Gasteiger partial charge in [-0.2, -0.15) is 0 Å². The van der Waals surface area contributed by atoms with Crippen molar-refractivity contribution in [3.8, 4) is 5.75 Å². The van der Waals surface area contributed by atoms with Gasteiger partial charge in [-0.1, -0.05) is 30.3 Å². The Labute approximate surface area is 152 Å². The SMILES string of the molecule is CCn1cc(C(=O)N[C@H](C)c2ccccc2)c(=O)c2cc(OC)ccc21. The van der Waals surface area contributed by atoms with Gasteiger partial charge >= 0.3 is 0 Å². The summed E-state index contributed by atoms with van der Waals surface area (Å²) in [6.45, 7) is 4.52. The number of carbonyl (C=O) groups is 1. The van der Waals surface area contributed by atoms with Crippen LogP contribution in [0.1, 0.15) is 35.8 Å². The number of rotatable bonds is 5. The Morgan fingerprint density at radius 1 is 1.19 bits per heavy atom. The molecule has 1 aromatic heterocycles. The van der Waals surface area contributed by atoms with E-state index in [1.54, 1.807) is 19.4 Å². The van der Waals surface area contributed by atoms with Crippen LogP contribution in [0.2, 0.25) is 0 Å². The first-order valence-electron chi connectivity index (χ1n) is 8.62. The van der Waals surface area contributed by atoms with Gasteiger partial charge in [-0.05, 0) is 37.6 Å². The second-order valence-electron chi connectivity index (χ2n) is 6.15. The number of benzene rings is 2. The molecule has 0 aliphatic rings. The highest BCUT2D eigenvalue weighted by Gasteiger charge is 2.18. The number of nitrogens with one attached hydrogen (secondary N) is 1. The molecule has 0 saturated carbocycles. The van der Waals surface area contributed by atoms with Gasteiger partial charge in [0.25, 0.3) is 5.91 Å². The molecular formula is C21H22N2O3. The van der Waals surface area contributed by atoms with Gasteiger partial charge < -0.3 is 14.6 Å². The van der Waals surface area contributed by atoms with E-state index >= 15 is 0 Å². The number of hydrogen-bond acceptors (Lipinski definition) is 3. The molecule has 0 aliphatic carbocycles. The maximum Gasteiger partial charge on any atom is 0.257 e. The molecule has 5 heteroatoms. The van der Waals surface area contributed by atoms with Gasteiger partial charge in [0.1, 0.15) is 11.3 Å². The van der Waals surface area contributed by atoms with Gasteiger partial charge in [0.2, 0.25) is 5.43 Å². The third-order valence-electron chi connectivity index (χ3n) is 4.52. The van der Waals surface area contributed by atoms with Crippen LogP contribution in [0.5, 0.6) is 5.75 Å². The highest BCUT2D eigenvalue weighted by Crippen LogP contribution is 2.19. The monoisotopic (exact) mass is 350 g/mol. The zero-order valence-corrected chi connectivity index (χ0v) is 15.2. The van der Waals surface area contributed by atoms with E-state index in [1.165, 1.54) is 0 Å². The minimum Gasteiger partial charge on any atom is -0.497 e. The third-order valence-corrected chi connectivity index (χ3v) is 4.52. The summed E-state index contributed by atoms with van der Waals surface area (Å²) in [5.74, 6) is 0.214. The Morgan fingerprint density at radius 2 is 1.92 bits per heavy atom. The van der Waals surface area contributed by atoms with E-state index in [-0.39, 0.29) is 22.9 Å². The van der Waals surface area contributed by atoms with Gasteiger partial charge in [-0.25, -0.2) is 0 Å². The quantitative estimate of drug-likeness (QED) is 0.766. The van der Waals surface area contributed by atoms with Crippen LogP contribution in [0.3, 0.4) is 0 Å². The summed E-state index contributed by atoms with van der Waals surface area (Å²) in [4.78, 5) is 25.7. The van der Waals surface area contributed by atoms with E-state index < -0.39 is 0 Å². The minimum atomic E-state index is -0.377. The molecule has 134 valence electrons. The minimum absolute atomic E-state index is 0.135. The number of hydrogen-bond donors (Lipinski definition) is 1. The van der Waals surface area contributed by atoms with Crippen LogP contribution in [-0.2, 0) is 6.54 Å². The molecule has 0 spiro atoms. The fraction of sp³-hybridized carbons (Fsp3) is 0.238. The largest absolute Gasteiger partial charge is 0.497 e. The lowest BCUT2D eigenvalue weighted by Gasteiger charge is -2.16. The van der Waals surface area contributed by atoms with Crippen molar-refractivity contribution in [3.63, 3.8) is 0 Å². The smallest absolute Gasteiger partial charge is 0.257 e. The van der Waals surface area contributed by atoms with Crippen LogP contribution in [0.25, 0.3) is 10.9 Å². The fourth-order valence-electron chi connectivity index (χ4n) is 3.03. The molecule has 1 atom stereocenters. The summed E-state index contributed by atoms with van der Waals surface area (Å²) in [7, 11) is 1.55. The highest BCUT2D eigenvalue weighted by atomic mass is 16.5. The summed E-state index contributed by atoms with van der Waals surface area (Å²) in [5, 5.41) is 3.39. The normalized spacial score (nSPS) is 12.0. The molecule has 2 aromatic carbocycles. The molecule has 0 aliphatic heterocycles. The number of aromatic nitrogens is 1. The van der Waals surface area contributed by atoms with Crippen molar-refractivity contribution < 1.29 is 9.53 Å². The van der Waals surface area contributed by atoms with Crippen molar-refractivity contribution >= 4 is 16.8 Å². The molecule has 26 heavy (non-hydrogen) atoms. The molecule has 0 radical (unpaired) electrons. The number of carbonyl (C=O) groups excluding carboxylic acids is 1. The maximum absolute atomic E-state index is 12.9. The van der Waals surface area contributed by atoms with E-state index in [1.807, 2.05) is 60.9 Å². The lowest BCUT2D eigenvalue weighted by Crippen LogP contribution is -2.31. The number of nitrogens with zero attached hydrogens (tertiary/aromatic N) is 1. The zero-order chi connectivity index (χ0) is 18.7. The van der Waals surface area contributed by atoms with Gasteiger partial charge in [0.05, 0.1) is 24.1 Å². The number of methoxy groups -OCH3 is 1. The highest BCUT2D eigenvalue weighted by molar-refractivity contribution is 5.97. The molecule has 1 heterocycles. The van der Waals surface area contributed by atoms with Gasteiger partial charge in [0.15, 0.2) is 0 Å². The van der Waals surface area contributed by atoms with Gasteiger partial charge in [-0.15, -0.1) is 0 Å². The van der Waals surface area contributed by atoms with Crippen molar-refractivity contribution in [2.45, 2.75) is 26.4 Å². The number of pyridine rings is 1. The number of ether oxygens (including phenoxy) is 1. The average Bonchev–Trinajstić information content (AvgIpc) is 2.68. The average molecular weight is 350 g/mol. The van der Waals surface area contributed by atoms with Crippen LogP contribution in [0.4, 0.5) is 0 Å². The van der Waals surface area contributed by atoms with Crippen molar-refractivity contribution in [3.05, 3.63) is 76.1 Å². The Hall–Kier alpha value is -3.08. The van der Waals surface area contributed by atoms with Gasteiger partial charge in [-0.3, -0.25) is 9.59 Å². The third kappa shape index (κ3) is 3.33. The summed E-state index contributed by atoms with van der Waals surface area (Å²) < 4.78 is 7.13.